The monoisotopic (exact) mass is 376 g/mol. The van der Waals surface area contributed by atoms with E-state index in [0.29, 0.717) is 24.1 Å². The molecule has 3 unspecified atom stereocenters. The minimum Gasteiger partial charge on any atom is -0.351 e. The zero-order valence-corrected chi connectivity index (χ0v) is 15.1. The van der Waals surface area contributed by atoms with Gasteiger partial charge in [0.25, 0.3) is 0 Å². The molecule has 27 heavy (non-hydrogen) atoms. The highest BCUT2D eigenvalue weighted by Crippen LogP contribution is 2.28. The minimum atomic E-state index is -0.885. The molecule has 3 atom stereocenters. The molecule has 1 amide bonds. The van der Waals surface area contributed by atoms with Crippen LogP contribution in [0.3, 0.4) is 0 Å². The molecule has 1 saturated heterocycles. The van der Waals surface area contributed by atoms with Gasteiger partial charge >= 0.3 is 0 Å². The van der Waals surface area contributed by atoms with Gasteiger partial charge in [0.2, 0.25) is 5.91 Å². The highest BCUT2D eigenvalue weighted by atomic mass is 19.2. The van der Waals surface area contributed by atoms with Crippen molar-refractivity contribution in [1.29, 1.82) is 0 Å². The van der Waals surface area contributed by atoms with Gasteiger partial charge in [-0.1, -0.05) is 31.2 Å². The van der Waals surface area contributed by atoms with Crippen LogP contribution in [0, 0.1) is 17.5 Å². The first-order chi connectivity index (χ1) is 13.0. The number of carbonyl (C=O) groups is 1. The highest BCUT2D eigenvalue weighted by molar-refractivity contribution is 5.77. The normalized spacial score (nSPS) is 20.9. The molecular formula is C21H23F3N2O. The smallest absolute Gasteiger partial charge is 0.220 e. The fraction of sp³-hybridized carbons (Fsp3) is 0.381. The first-order valence-electron chi connectivity index (χ1n) is 9.15. The molecule has 6 heteroatoms. The van der Waals surface area contributed by atoms with E-state index in [1.165, 1.54) is 12.1 Å². The molecule has 0 spiro atoms. The topological polar surface area (TPSA) is 41.1 Å². The number of hydrogen-bond acceptors (Lipinski definition) is 2. The lowest BCUT2D eigenvalue weighted by molar-refractivity contribution is -0.122. The van der Waals surface area contributed by atoms with Crippen LogP contribution >= 0.6 is 0 Å². The van der Waals surface area contributed by atoms with Crippen molar-refractivity contribution >= 4 is 5.91 Å². The summed E-state index contributed by atoms with van der Waals surface area (Å²) < 4.78 is 40.7. The van der Waals surface area contributed by atoms with E-state index in [1.807, 2.05) is 6.92 Å². The molecule has 2 aromatic rings. The van der Waals surface area contributed by atoms with Crippen molar-refractivity contribution < 1.29 is 18.0 Å². The summed E-state index contributed by atoms with van der Waals surface area (Å²) in [5, 5.41) is 6.20. The quantitative estimate of drug-likeness (QED) is 0.832. The van der Waals surface area contributed by atoms with Gasteiger partial charge in [-0.25, -0.2) is 13.2 Å². The second-order valence-electron chi connectivity index (χ2n) is 7.07. The van der Waals surface area contributed by atoms with E-state index in [-0.39, 0.29) is 36.0 Å². The number of nitrogens with one attached hydrogen (secondary N) is 2. The Bertz CT molecular complexity index is 812. The number of benzene rings is 2. The zero-order valence-electron chi connectivity index (χ0n) is 15.1. The molecule has 0 bridgehead atoms. The van der Waals surface area contributed by atoms with Crippen LogP contribution in [0.25, 0.3) is 0 Å². The molecule has 0 aliphatic carbocycles. The predicted molar refractivity (Wildman–Crippen MR) is 97.9 cm³/mol. The van der Waals surface area contributed by atoms with E-state index >= 15 is 0 Å². The number of halogens is 3. The molecule has 2 N–H and O–H groups in total. The summed E-state index contributed by atoms with van der Waals surface area (Å²) in [4.78, 5) is 12.5. The van der Waals surface area contributed by atoms with Gasteiger partial charge in [-0.05, 0) is 48.2 Å². The van der Waals surface area contributed by atoms with Gasteiger partial charge in [-0.15, -0.1) is 0 Å². The Balaban J connectivity index is 1.67. The van der Waals surface area contributed by atoms with Crippen LogP contribution in [0.2, 0.25) is 0 Å². The summed E-state index contributed by atoms with van der Waals surface area (Å²) in [7, 11) is 0. The number of rotatable bonds is 5. The van der Waals surface area contributed by atoms with E-state index < -0.39 is 11.6 Å². The number of amides is 1. The molecule has 1 aliphatic heterocycles. The van der Waals surface area contributed by atoms with Crippen LogP contribution in [0.1, 0.15) is 42.7 Å². The van der Waals surface area contributed by atoms with E-state index in [2.05, 4.69) is 10.6 Å². The molecule has 0 aromatic heterocycles. The molecular weight excluding hydrogens is 353 g/mol. The van der Waals surface area contributed by atoms with Crippen LogP contribution in [-0.4, -0.2) is 25.0 Å². The Kier molecular flexibility index (Phi) is 6.16. The molecule has 1 aliphatic rings. The van der Waals surface area contributed by atoms with Crippen molar-refractivity contribution in [3.8, 4) is 0 Å². The summed E-state index contributed by atoms with van der Waals surface area (Å²) in [6.45, 7) is 3.09. The van der Waals surface area contributed by atoms with Gasteiger partial charge in [0.05, 0.1) is 0 Å². The van der Waals surface area contributed by atoms with Crippen LogP contribution in [0.4, 0.5) is 13.2 Å². The summed E-state index contributed by atoms with van der Waals surface area (Å²) in [5.74, 6) is -2.64. The lowest BCUT2D eigenvalue weighted by atomic mass is 9.85. The molecule has 0 radical (unpaired) electrons. The van der Waals surface area contributed by atoms with E-state index in [1.54, 1.807) is 24.3 Å². The maximum Gasteiger partial charge on any atom is 0.220 e. The molecule has 1 fully saturated rings. The molecule has 1 heterocycles. The lowest BCUT2D eigenvalue weighted by Gasteiger charge is -2.33. The largest absolute Gasteiger partial charge is 0.351 e. The van der Waals surface area contributed by atoms with Gasteiger partial charge in [-0.3, -0.25) is 4.79 Å². The van der Waals surface area contributed by atoms with Crippen molar-refractivity contribution in [2.75, 3.05) is 13.1 Å². The predicted octanol–water partition coefficient (Wildman–Crippen LogP) is 3.86. The van der Waals surface area contributed by atoms with E-state index in [0.717, 1.165) is 12.6 Å². The molecule has 3 rings (SSSR count). The second-order valence-corrected chi connectivity index (χ2v) is 7.07. The molecule has 3 nitrogen and oxygen atoms in total. The third kappa shape index (κ3) is 4.69. The first-order valence-corrected chi connectivity index (χ1v) is 9.15. The zero-order chi connectivity index (χ0) is 19.4. The standard InChI is InChI=1S/C21H23F3N2O/c1-13(15-4-2-3-5-17(15)22)10-21(27)26-20-12-25-9-8-16(20)14-6-7-18(23)19(24)11-14/h2-7,11,13,16,20,25H,8-10,12H2,1H3,(H,26,27). The Morgan fingerprint density at radius 3 is 2.67 bits per heavy atom. The Morgan fingerprint density at radius 1 is 1.15 bits per heavy atom. The fourth-order valence-corrected chi connectivity index (χ4v) is 3.68. The number of hydrogen-bond donors (Lipinski definition) is 2. The van der Waals surface area contributed by atoms with Gasteiger partial charge < -0.3 is 10.6 Å². The minimum absolute atomic E-state index is 0.103. The summed E-state index contributed by atoms with van der Waals surface area (Å²) in [6, 6.07) is 10.1. The van der Waals surface area contributed by atoms with Crippen molar-refractivity contribution in [3.63, 3.8) is 0 Å². The molecule has 144 valence electrons. The summed E-state index contributed by atoms with van der Waals surface area (Å²) >= 11 is 0. The van der Waals surface area contributed by atoms with Gasteiger partial charge in [0.15, 0.2) is 11.6 Å². The van der Waals surface area contributed by atoms with E-state index in [4.69, 9.17) is 0 Å². The molecule has 2 aromatic carbocycles. The summed E-state index contributed by atoms with van der Waals surface area (Å²) in [6.07, 6.45) is 0.862. The van der Waals surface area contributed by atoms with Crippen LogP contribution in [0.15, 0.2) is 42.5 Å². The molecule has 0 saturated carbocycles. The lowest BCUT2D eigenvalue weighted by Crippen LogP contribution is -2.50. The Morgan fingerprint density at radius 2 is 1.93 bits per heavy atom. The Hall–Kier alpha value is -2.34. The Labute approximate surface area is 157 Å². The van der Waals surface area contributed by atoms with E-state index in [9.17, 15) is 18.0 Å². The van der Waals surface area contributed by atoms with Crippen molar-refractivity contribution in [2.24, 2.45) is 0 Å². The third-order valence-electron chi connectivity index (χ3n) is 5.13. The number of carbonyl (C=O) groups excluding carboxylic acids is 1. The highest BCUT2D eigenvalue weighted by Gasteiger charge is 2.29. The van der Waals surface area contributed by atoms with Crippen molar-refractivity contribution in [2.45, 2.75) is 37.6 Å². The second kappa shape index (κ2) is 8.57. The van der Waals surface area contributed by atoms with Gasteiger partial charge in [-0.2, -0.15) is 0 Å². The average molecular weight is 376 g/mol. The first kappa shape index (κ1) is 19.4. The maximum atomic E-state index is 13.9. The SMILES string of the molecule is CC(CC(=O)NC1CNCCC1c1ccc(F)c(F)c1)c1ccccc1F. The average Bonchev–Trinajstić information content (AvgIpc) is 2.64. The van der Waals surface area contributed by atoms with Crippen molar-refractivity contribution in [1.82, 2.24) is 10.6 Å². The van der Waals surface area contributed by atoms with Crippen LogP contribution in [0.5, 0.6) is 0 Å². The van der Waals surface area contributed by atoms with Crippen LogP contribution in [-0.2, 0) is 4.79 Å². The number of piperidine rings is 1. The summed E-state index contributed by atoms with van der Waals surface area (Å²) in [5.41, 5.74) is 1.18. The third-order valence-corrected chi connectivity index (χ3v) is 5.13. The van der Waals surface area contributed by atoms with Crippen molar-refractivity contribution in [3.05, 3.63) is 71.0 Å². The van der Waals surface area contributed by atoms with Gasteiger partial charge in [0, 0.05) is 24.9 Å². The van der Waals surface area contributed by atoms with Crippen LogP contribution < -0.4 is 10.6 Å². The van der Waals surface area contributed by atoms with Gasteiger partial charge in [0.1, 0.15) is 5.82 Å². The maximum absolute atomic E-state index is 13.9. The fourth-order valence-electron chi connectivity index (χ4n) is 3.68.